The van der Waals surface area contributed by atoms with Crippen LogP contribution in [0.5, 0.6) is 0 Å². The molecular weight excluding hydrogens is 352 g/mol. The van der Waals surface area contributed by atoms with Gasteiger partial charge in [-0.2, -0.15) is 0 Å². The molecule has 0 aliphatic rings. The normalized spacial score (nSPS) is 12.6. The molecule has 0 bridgehead atoms. The van der Waals surface area contributed by atoms with Crippen molar-refractivity contribution in [3.05, 3.63) is 60.7 Å². The van der Waals surface area contributed by atoms with Gasteiger partial charge < -0.3 is 5.32 Å². The van der Waals surface area contributed by atoms with E-state index in [4.69, 9.17) is 0 Å². The van der Waals surface area contributed by atoms with Crippen LogP contribution in [0.3, 0.4) is 0 Å². The van der Waals surface area contributed by atoms with Gasteiger partial charge in [-0.3, -0.25) is 10.1 Å². The molecular formula is C15H17BrN2O2S. The summed E-state index contributed by atoms with van der Waals surface area (Å²) in [6.07, 6.45) is 0. The van der Waals surface area contributed by atoms with Crippen molar-refractivity contribution < 1.29 is 4.92 Å². The lowest BCUT2D eigenvalue weighted by Crippen LogP contribution is -2.24. The minimum atomic E-state index is -0.368. The second-order valence-electron chi connectivity index (χ2n) is 5.19. The van der Waals surface area contributed by atoms with Crippen molar-refractivity contribution in [3.8, 4) is 0 Å². The van der Waals surface area contributed by atoms with E-state index in [2.05, 4.69) is 46.5 Å². The van der Waals surface area contributed by atoms with Gasteiger partial charge in [0.2, 0.25) is 0 Å². The highest BCUT2D eigenvalue weighted by Gasteiger charge is 2.17. The molecule has 112 valence electrons. The summed E-state index contributed by atoms with van der Waals surface area (Å²) in [5.41, 5.74) is 1.01. The van der Waals surface area contributed by atoms with Crippen molar-refractivity contribution in [2.75, 3.05) is 0 Å². The fourth-order valence-electron chi connectivity index (χ4n) is 2.20. The molecule has 0 amide bonds. The quantitative estimate of drug-likeness (QED) is 0.582. The first-order chi connectivity index (χ1) is 9.97. The van der Waals surface area contributed by atoms with Gasteiger partial charge in [0, 0.05) is 34.1 Å². The Kier molecular flexibility index (Phi) is 5.50. The Morgan fingerprint density at radius 1 is 1.38 bits per heavy atom. The van der Waals surface area contributed by atoms with Crippen LogP contribution in [-0.2, 0) is 6.54 Å². The van der Waals surface area contributed by atoms with Crippen molar-refractivity contribution in [3.63, 3.8) is 0 Å². The molecule has 1 aromatic heterocycles. The molecule has 1 unspecified atom stereocenters. The van der Waals surface area contributed by atoms with Crippen molar-refractivity contribution in [1.82, 2.24) is 5.32 Å². The zero-order valence-electron chi connectivity index (χ0n) is 11.9. The number of hydrogen-bond acceptors (Lipinski definition) is 4. The van der Waals surface area contributed by atoms with E-state index in [0.29, 0.717) is 12.5 Å². The topological polar surface area (TPSA) is 55.2 Å². The third-order valence-electron chi connectivity index (χ3n) is 3.20. The van der Waals surface area contributed by atoms with Crippen LogP contribution in [0.25, 0.3) is 0 Å². The van der Waals surface area contributed by atoms with Crippen molar-refractivity contribution in [2.24, 2.45) is 5.92 Å². The fraction of sp³-hybridized carbons (Fsp3) is 0.333. The molecule has 1 atom stereocenters. The summed E-state index contributed by atoms with van der Waals surface area (Å²) < 4.78 is 0.728. The molecule has 1 heterocycles. The van der Waals surface area contributed by atoms with Gasteiger partial charge in [-0.1, -0.05) is 35.8 Å². The first kappa shape index (κ1) is 16.1. The Morgan fingerprint density at radius 2 is 2.14 bits per heavy atom. The van der Waals surface area contributed by atoms with Crippen LogP contribution in [0.2, 0.25) is 0 Å². The molecule has 0 fully saturated rings. The van der Waals surface area contributed by atoms with Gasteiger partial charge in [0.15, 0.2) is 0 Å². The summed E-state index contributed by atoms with van der Waals surface area (Å²) in [5, 5.41) is 16.5. The van der Waals surface area contributed by atoms with Crippen LogP contribution >= 0.6 is 27.3 Å². The number of nitro benzene ring substituents is 1. The average molecular weight is 369 g/mol. The van der Waals surface area contributed by atoms with Gasteiger partial charge in [0.05, 0.1) is 4.92 Å². The van der Waals surface area contributed by atoms with Crippen LogP contribution in [0.4, 0.5) is 5.69 Å². The maximum atomic E-state index is 10.9. The van der Waals surface area contributed by atoms with Crippen LogP contribution in [-0.4, -0.2) is 4.92 Å². The Bertz CT molecular complexity index is 614. The third kappa shape index (κ3) is 4.36. The summed E-state index contributed by atoms with van der Waals surface area (Å²) >= 11 is 5.05. The molecule has 21 heavy (non-hydrogen) atoms. The summed E-state index contributed by atoms with van der Waals surface area (Å²) in [7, 11) is 0. The van der Waals surface area contributed by atoms with E-state index in [9.17, 15) is 10.1 Å². The summed E-state index contributed by atoms with van der Waals surface area (Å²) in [6.45, 7) is 4.93. The molecule has 0 saturated carbocycles. The van der Waals surface area contributed by atoms with E-state index in [-0.39, 0.29) is 16.7 Å². The number of rotatable bonds is 6. The number of nitrogens with zero attached hydrogens (tertiary/aromatic N) is 1. The first-order valence-corrected chi connectivity index (χ1v) is 8.35. The van der Waals surface area contributed by atoms with Gasteiger partial charge in [-0.15, -0.1) is 11.3 Å². The molecule has 2 aromatic rings. The minimum absolute atomic E-state index is 0.110. The monoisotopic (exact) mass is 368 g/mol. The van der Waals surface area contributed by atoms with E-state index >= 15 is 0 Å². The second-order valence-corrected chi connectivity index (χ2v) is 7.09. The molecule has 4 nitrogen and oxygen atoms in total. The Labute approximate surface area is 136 Å². The third-order valence-corrected chi connectivity index (χ3v) is 4.61. The molecule has 1 N–H and O–H groups in total. The second kappa shape index (κ2) is 7.15. The lowest BCUT2D eigenvalue weighted by atomic mass is 10.0. The summed E-state index contributed by atoms with van der Waals surface area (Å²) in [6, 6.07) is 9.45. The van der Waals surface area contributed by atoms with Crippen LogP contribution in [0.1, 0.15) is 30.3 Å². The number of hydrogen-bond donors (Lipinski definition) is 1. The Balaban J connectivity index is 2.13. The van der Waals surface area contributed by atoms with E-state index in [1.807, 2.05) is 12.1 Å². The zero-order chi connectivity index (χ0) is 15.4. The highest BCUT2D eigenvalue weighted by molar-refractivity contribution is 9.10. The van der Waals surface area contributed by atoms with Crippen LogP contribution < -0.4 is 5.32 Å². The molecule has 0 aliphatic carbocycles. The molecule has 0 spiro atoms. The average Bonchev–Trinajstić information content (AvgIpc) is 2.91. The maximum Gasteiger partial charge on any atom is 0.270 e. The van der Waals surface area contributed by atoms with E-state index in [1.54, 1.807) is 17.4 Å². The number of benzene rings is 1. The van der Waals surface area contributed by atoms with Crippen LogP contribution in [0.15, 0.2) is 40.2 Å². The Morgan fingerprint density at radius 3 is 2.71 bits per heavy atom. The predicted octanol–water partition coefficient (Wildman–Crippen LogP) is 4.91. The predicted molar refractivity (Wildman–Crippen MR) is 89.5 cm³/mol. The number of non-ortho nitro benzene ring substituents is 1. The van der Waals surface area contributed by atoms with Gasteiger partial charge in [-0.25, -0.2) is 0 Å². The summed E-state index contributed by atoms with van der Waals surface area (Å²) in [4.78, 5) is 11.8. The first-order valence-electron chi connectivity index (χ1n) is 6.68. The number of nitrogens with one attached hydrogen (secondary N) is 1. The van der Waals surface area contributed by atoms with Crippen molar-refractivity contribution in [1.29, 1.82) is 0 Å². The van der Waals surface area contributed by atoms with Crippen molar-refractivity contribution in [2.45, 2.75) is 26.4 Å². The molecule has 0 saturated heterocycles. The van der Waals surface area contributed by atoms with Crippen LogP contribution in [0, 0.1) is 16.0 Å². The van der Waals surface area contributed by atoms with Gasteiger partial charge >= 0.3 is 0 Å². The van der Waals surface area contributed by atoms with Crippen molar-refractivity contribution >= 4 is 33.0 Å². The zero-order valence-corrected chi connectivity index (χ0v) is 14.3. The molecule has 0 aliphatic heterocycles. The number of halogens is 1. The van der Waals surface area contributed by atoms with Gasteiger partial charge in [0.1, 0.15) is 0 Å². The summed E-state index contributed by atoms with van der Waals surface area (Å²) in [5.74, 6) is 0.450. The number of thiophene rings is 1. The minimum Gasteiger partial charge on any atom is -0.305 e. The highest BCUT2D eigenvalue weighted by Crippen LogP contribution is 2.27. The van der Waals surface area contributed by atoms with Gasteiger partial charge in [-0.05, 0) is 29.0 Å². The molecule has 6 heteroatoms. The van der Waals surface area contributed by atoms with E-state index in [1.165, 1.54) is 10.9 Å². The number of nitro groups is 1. The highest BCUT2D eigenvalue weighted by atomic mass is 79.9. The standard InChI is InChI=1S/C15H17BrN2O2S/c1-10(2)15(14-4-3-5-21-14)17-9-11-6-12(16)8-13(7-11)18(19)20/h3-8,10,15,17H,9H2,1-2H3. The Hall–Kier alpha value is -1.24. The lowest BCUT2D eigenvalue weighted by molar-refractivity contribution is -0.385. The lowest BCUT2D eigenvalue weighted by Gasteiger charge is -2.21. The SMILES string of the molecule is CC(C)C(NCc1cc(Br)cc([N+](=O)[O-])c1)c1cccs1. The van der Waals surface area contributed by atoms with E-state index < -0.39 is 0 Å². The maximum absolute atomic E-state index is 10.9. The molecule has 2 rings (SSSR count). The largest absolute Gasteiger partial charge is 0.305 e. The van der Waals surface area contributed by atoms with E-state index in [0.717, 1.165) is 10.0 Å². The molecule has 1 aromatic carbocycles. The van der Waals surface area contributed by atoms with Gasteiger partial charge in [0.25, 0.3) is 5.69 Å². The smallest absolute Gasteiger partial charge is 0.270 e. The fourth-order valence-corrected chi connectivity index (χ4v) is 3.70. The molecule has 0 radical (unpaired) electrons.